The predicted octanol–water partition coefficient (Wildman–Crippen LogP) is 5.32. The summed E-state index contributed by atoms with van der Waals surface area (Å²) in [5, 5.41) is 3.72. The van der Waals surface area contributed by atoms with Gasteiger partial charge in [-0.3, -0.25) is 0 Å². The smallest absolute Gasteiger partial charge is 0.124 e. The summed E-state index contributed by atoms with van der Waals surface area (Å²) in [5.74, 6) is 1.68. The van der Waals surface area contributed by atoms with E-state index >= 15 is 0 Å². The van der Waals surface area contributed by atoms with Crippen LogP contribution in [0, 0.1) is 11.3 Å². The van der Waals surface area contributed by atoms with Gasteiger partial charge in [0.25, 0.3) is 0 Å². The van der Waals surface area contributed by atoms with Crippen molar-refractivity contribution in [2.24, 2.45) is 11.3 Å². The molecule has 0 radical (unpaired) electrons. The lowest BCUT2D eigenvalue weighted by Gasteiger charge is -2.35. The Morgan fingerprint density at radius 3 is 2.71 bits per heavy atom. The van der Waals surface area contributed by atoms with Crippen LogP contribution in [0.1, 0.15) is 58.6 Å². The highest BCUT2D eigenvalue weighted by Crippen LogP contribution is 2.50. The topological polar surface area (TPSA) is 21.3 Å². The van der Waals surface area contributed by atoms with E-state index in [0.29, 0.717) is 24.0 Å². The van der Waals surface area contributed by atoms with Crippen molar-refractivity contribution in [3.05, 3.63) is 28.2 Å². The normalized spacial score (nSPS) is 22.2. The molecule has 0 saturated heterocycles. The van der Waals surface area contributed by atoms with Gasteiger partial charge in [-0.2, -0.15) is 0 Å². The number of benzene rings is 1. The molecule has 21 heavy (non-hydrogen) atoms. The van der Waals surface area contributed by atoms with Crippen molar-refractivity contribution in [1.82, 2.24) is 5.32 Å². The van der Waals surface area contributed by atoms with Crippen LogP contribution in [0.2, 0.25) is 0 Å². The molecule has 118 valence electrons. The van der Waals surface area contributed by atoms with Gasteiger partial charge in [0.05, 0.1) is 6.61 Å². The molecule has 0 spiro atoms. The van der Waals surface area contributed by atoms with E-state index in [1.807, 2.05) is 6.92 Å². The van der Waals surface area contributed by atoms with Crippen molar-refractivity contribution >= 4 is 15.9 Å². The zero-order valence-corrected chi connectivity index (χ0v) is 15.3. The first kappa shape index (κ1) is 16.8. The summed E-state index contributed by atoms with van der Waals surface area (Å²) >= 11 is 3.62. The van der Waals surface area contributed by atoms with Crippen LogP contribution in [0.25, 0.3) is 0 Å². The summed E-state index contributed by atoms with van der Waals surface area (Å²) in [5.41, 5.74) is 1.69. The highest BCUT2D eigenvalue weighted by atomic mass is 79.9. The molecule has 1 aromatic carbocycles. The van der Waals surface area contributed by atoms with Gasteiger partial charge in [0.15, 0.2) is 0 Å². The van der Waals surface area contributed by atoms with Gasteiger partial charge in [-0.1, -0.05) is 43.1 Å². The van der Waals surface area contributed by atoms with Gasteiger partial charge in [-0.15, -0.1) is 0 Å². The fraction of sp³-hybridized carbons (Fsp3) is 0.667. The van der Waals surface area contributed by atoms with E-state index < -0.39 is 0 Å². The minimum Gasteiger partial charge on any atom is -0.494 e. The van der Waals surface area contributed by atoms with Crippen molar-refractivity contribution in [1.29, 1.82) is 0 Å². The second kappa shape index (κ2) is 7.15. The maximum Gasteiger partial charge on any atom is 0.124 e. The fourth-order valence-corrected chi connectivity index (χ4v) is 4.09. The van der Waals surface area contributed by atoms with Crippen molar-refractivity contribution in [3.8, 4) is 5.75 Å². The number of ether oxygens (including phenoxy) is 1. The first-order valence-corrected chi connectivity index (χ1v) is 8.94. The second-order valence-corrected chi connectivity index (χ2v) is 7.55. The molecule has 1 aliphatic carbocycles. The minimum absolute atomic E-state index is 0.367. The molecule has 0 aliphatic heterocycles. The molecule has 0 heterocycles. The Morgan fingerprint density at radius 2 is 2.14 bits per heavy atom. The lowest BCUT2D eigenvalue weighted by Crippen LogP contribution is -2.34. The Balaban J connectivity index is 2.40. The van der Waals surface area contributed by atoms with Crippen molar-refractivity contribution in [3.63, 3.8) is 0 Å². The van der Waals surface area contributed by atoms with Crippen LogP contribution >= 0.6 is 15.9 Å². The fourth-order valence-electron chi connectivity index (χ4n) is 3.71. The van der Waals surface area contributed by atoms with E-state index in [1.165, 1.54) is 24.8 Å². The first-order chi connectivity index (χ1) is 9.99. The van der Waals surface area contributed by atoms with Crippen LogP contribution < -0.4 is 10.1 Å². The molecule has 1 aromatic rings. The highest BCUT2D eigenvalue weighted by Gasteiger charge is 2.40. The van der Waals surface area contributed by atoms with Gasteiger partial charge in [-0.25, -0.2) is 0 Å². The number of rotatable bonds is 6. The Hall–Kier alpha value is -0.540. The Labute approximate surface area is 137 Å². The largest absolute Gasteiger partial charge is 0.494 e. The summed E-state index contributed by atoms with van der Waals surface area (Å²) in [6.07, 6.45) is 3.94. The third-order valence-corrected chi connectivity index (χ3v) is 5.27. The molecular weight excluding hydrogens is 326 g/mol. The predicted molar refractivity (Wildman–Crippen MR) is 92.9 cm³/mol. The number of nitrogens with one attached hydrogen (secondary N) is 1. The molecule has 0 bridgehead atoms. The van der Waals surface area contributed by atoms with Gasteiger partial charge >= 0.3 is 0 Å². The van der Waals surface area contributed by atoms with Crippen LogP contribution in [0.4, 0.5) is 0 Å². The van der Waals surface area contributed by atoms with Crippen LogP contribution in [0.5, 0.6) is 5.75 Å². The number of hydrogen-bond acceptors (Lipinski definition) is 2. The number of halogens is 1. The van der Waals surface area contributed by atoms with Crippen molar-refractivity contribution < 1.29 is 4.74 Å². The van der Waals surface area contributed by atoms with Gasteiger partial charge in [0, 0.05) is 16.1 Å². The second-order valence-electron chi connectivity index (χ2n) is 6.64. The van der Waals surface area contributed by atoms with Crippen molar-refractivity contribution in [2.75, 3.05) is 13.2 Å². The van der Waals surface area contributed by atoms with Crippen molar-refractivity contribution in [2.45, 2.75) is 53.0 Å². The molecular formula is C18H28BrNO. The molecule has 1 saturated carbocycles. The summed E-state index contributed by atoms with van der Waals surface area (Å²) in [6, 6.07) is 6.76. The number of hydrogen-bond donors (Lipinski definition) is 1. The monoisotopic (exact) mass is 353 g/mol. The highest BCUT2D eigenvalue weighted by molar-refractivity contribution is 9.10. The average molecular weight is 354 g/mol. The van der Waals surface area contributed by atoms with Crippen LogP contribution in [0.15, 0.2) is 22.7 Å². The molecule has 1 fully saturated rings. The molecule has 1 aliphatic rings. The molecule has 0 aromatic heterocycles. The zero-order valence-electron chi connectivity index (χ0n) is 13.7. The van der Waals surface area contributed by atoms with Gasteiger partial charge < -0.3 is 10.1 Å². The Kier molecular flexibility index (Phi) is 5.73. The molecule has 1 N–H and O–H groups in total. The average Bonchev–Trinajstić information content (AvgIpc) is 2.78. The van der Waals surface area contributed by atoms with E-state index in [4.69, 9.17) is 4.74 Å². The molecule has 2 atom stereocenters. The molecule has 2 nitrogen and oxygen atoms in total. The third kappa shape index (κ3) is 3.81. The summed E-state index contributed by atoms with van der Waals surface area (Å²) in [4.78, 5) is 0. The van der Waals surface area contributed by atoms with E-state index in [-0.39, 0.29) is 0 Å². The van der Waals surface area contributed by atoms with Crippen LogP contribution in [-0.4, -0.2) is 13.2 Å². The standard InChI is InChI=1S/C18H28BrNO/c1-5-20-17(15-8-7-11-18(15,3)4)14-12-13(19)9-10-16(14)21-6-2/h9-10,12,15,17,20H,5-8,11H2,1-4H3. The maximum atomic E-state index is 5.89. The first-order valence-electron chi connectivity index (χ1n) is 8.15. The lowest BCUT2D eigenvalue weighted by molar-refractivity contribution is 0.195. The van der Waals surface area contributed by atoms with E-state index in [9.17, 15) is 0 Å². The van der Waals surface area contributed by atoms with Gasteiger partial charge in [0.1, 0.15) is 5.75 Å². The summed E-state index contributed by atoms with van der Waals surface area (Å²) in [7, 11) is 0. The van der Waals surface area contributed by atoms with Gasteiger partial charge in [-0.05, 0) is 55.8 Å². The Morgan fingerprint density at radius 1 is 1.38 bits per heavy atom. The molecule has 3 heteroatoms. The summed E-state index contributed by atoms with van der Waals surface area (Å²) < 4.78 is 7.01. The van der Waals surface area contributed by atoms with Crippen LogP contribution in [0.3, 0.4) is 0 Å². The molecule has 2 unspecified atom stereocenters. The maximum absolute atomic E-state index is 5.89. The van der Waals surface area contributed by atoms with Crippen LogP contribution in [-0.2, 0) is 0 Å². The summed E-state index contributed by atoms with van der Waals surface area (Å²) in [6.45, 7) is 10.7. The Bertz CT molecular complexity index is 472. The van der Waals surface area contributed by atoms with E-state index in [1.54, 1.807) is 0 Å². The van der Waals surface area contributed by atoms with E-state index in [0.717, 1.165) is 16.8 Å². The zero-order chi connectivity index (χ0) is 15.5. The molecule has 0 amide bonds. The quantitative estimate of drug-likeness (QED) is 0.746. The minimum atomic E-state index is 0.367. The third-order valence-electron chi connectivity index (χ3n) is 4.77. The molecule has 2 rings (SSSR count). The lowest BCUT2D eigenvalue weighted by atomic mass is 9.75. The SMILES string of the molecule is CCNC(c1cc(Br)ccc1OCC)C1CCCC1(C)C. The van der Waals surface area contributed by atoms with Gasteiger partial charge in [0.2, 0.25) is 0 Å². The van der Waals surface area contributed by atoms with E-state index in [2.05, 4.69) is 60.2 Å².